The average molecular weight is 378 g/mol. The van der Waals surface area contributed by atoms with Gasteiger partial charge in [0.2, 0.25) is 0 Å². The second-order valence-corrected chi connectivity index (χ2v) is 8.10. The van der Waals surface area contributed by atoms with Gasteiger partial charge >= 0.3 is 88.9 Å². The van der Waals surface area contributed by atoms with Crippen molar-refractivity contribution < 1.29 is 46.0 Å². The first-order chi connectivity index (χ1) is 7.51. The van der Waals surface area contributed by atoms with Gasteiger partial charge < -0.3 is 20.4 Å². The van der Waals surface area contributed by atoms with E-state index in [2.05, 4.69) is 0 Å². The first kappa shape index (κ1) is 23.8. The fourth-order valence-electron chi connectivity index (χ4n) is 0.714. The molecule has 4 N–H and O–H groups in total. The van der Waals surface area contributed by atoms with Gasteiger partial charge in [0.1, 0.15) is 0 Å². The summed E-state index contributed by atoms with van der Waals surface area (Å²) in [5, 5.41) is 33.8. The standard InChI is InChI=1S/C6H8O7.3ClH.Fe.Na.H/c7-3(8)1-6(13,5(11)12)2-4(9)10;;;;;;/h13H,1-2H2,(H,7,8)(H,9,10)(H,11,12);3*1H;;;/q;;;;+3;;/p-3. The van der Waals surface area contributed by atoms with E-state index in [1.165, 1.54) is 0 Å². The van der Waals surface area contributed by atoms with Crippen LogP contribution in [0.15, 0.2) is 0 Å². The summed E-state index contributed by atoms with van der Waals surface area (Å²) in [6.45, 7) is 0. The van der Waals surface area contributed by atoms with Gasteiger partial charge in [-0.2, -0.15) is 0 Å². The molecule has 0 amide bonds. The van der Waals surface area contributed by atoms with Gasteiger partial charge in [-0.25, -0.2) is 4.79 Å². The van der Waals surface area contributed by atoms with Crippen LogP contribution in [0.3, 0.4) is 0 Å². The molecule has 0 aromatic carbocycles. The van der Waals surface area contributed by atoms with E-state index in [-0.39, 0.29) is 29.6 Å². The zero-order chi connectivity index (χ0) is 14.2. The Morgan fingerprint density at radius 1 is 0.944 bits per heavy atom. The Labute approximate surface area is 141 Å². The molecule has 0 unspecified atom stereocenters. The predicted molar refractivity (Wildman–Crippen MR) is 61.8 cm³/mol. The summed E-state index contributed by atoms with van der Waals surface area (Å²) in [4.78, 5) is 30.5. The molecule has 0 saturated carbocycles. The van der Waals surface area contributed by atoms with E-state index < -0.39 is 47.5 Å². The van der Waals surface area contributed by atoms with E-state index in [0.717, 1.165) is 0 Å². The van der Waals surface area contributed by atoms with Gasteiger partial charge in [-0.15, -0.1) is 0 Å². The van der Waals surface area contributed by atoms with Crippen molar-refractivity contribution in [2.75, 3.05) is 0 Å². The van der Waals surface area contributed by atoms with Crippen LogP contribution in [0.1, 0.15) is 12.8 Å². The van der Waals surface area contributed by atoms with Crippen molar-refractivity contribution in [2.24, 2.45) is 0 Å². The van der Waals surface area contributed by atoms with Gasteiger partial charge in [0, 0.05) is 0 Å². The third kappa shape index (κ3) is 14.8. The van der Waals surface area contributed by atoms with E-state index in [4.69, 9.17) is 50.7 Å². The molecule has 0 saturated heterocycles. The molecule has 0 aliphatic carbocycles. The number of carboxylic acid groups (broad SMARTS) is 3. The van der Waals surface area contributed by atoms with Gasteiger partial charge in [-0.1, -0.05) is 0 Å². The predicted octanol–water partition coefficient (Wildman–Crippen LogP) is 0.169. The van der Waals surface area contributed by atoms with Crippen LogP contribution in [0, 0.1) is 0 Å². The molecular formula is C6H9Cl3FeNaO7. The number of carboxylic acids is 3. The summed E-state index contributed by atoms with van der Waals surface area (Å²) >= 11 is -1.33. The fourth-order valence-corrected chi connectivity index (χ4v) is 0.714. The molecule has 0 atom stereocenters. The molecule has 12 heteroatoms. The third-order valence-corrected chi connectivity index (χ3v) is 1.29. The molecule has 0 fully saturated rings. The Balaban J connectivity index is -0.000000392. The van der Waals surface area contributed by atoms with Gasteiger partial charge in [0.05, 0.1) is 12.8 Å². The zero-order valence-electron chi connectivity index (χ0n) is 7.92. The molecular weight excluding hydrogens is 369 g/mol. The normalized spacial score (nSPS) is 10.3. The maximum atomic E-state index is 10.3. The second-order valence-electron chi connectivity index (χ2n) is 2.63. The molecule has 0 aliphatic heterocycles. The first-order valence-corrected chi connectivity index (χ1v) is 8.13. The molecule has 18 heavy (non-hydrogen) atoms. The average Bonchev–Trinajstić information content (AvgIpc) is 1.98. The fraction of sp³-hybridized carbons (Fsp3) is 0.500. The van der Waals surface area contributed by atoms with E-state index in [9.17, 15) is 14.4 Å². The minimum absolute atomic E-state index is 0. The van der Waals surface area contributed by atoms with Gasteiger partial charge in [0.25, 0.3) is 0 Å². The molecule has 0 bridgehead atoms. The van der Waals surface area contributed by atoms with Gasteiger partial charge in [0.15, 0.2) is 5.60 Å². The SMILES string of the molecule is O=C(O)CC(O)(CC(=O)O)C(=O)O.[Cl][Fe]([Cl])[Cl].[NaH]. The Bertz CT molecular complexity index is 282. The van der Waals surface area contributed by atoms with Crippen LogP contribution in [0.4, 0.5) is 0 Å². The summed E-state index contributed by atoms with van der Waals surface area (Å²) in [7, 11) is 14.7. The number of hydrogen-bond acceptors (Lipinski definition) is 4. The van der Waals surface area contributed by atoms with Crippen LogP contribution in [-0.4, -0.2) is 73.5 Å². The number of hydrogen-bond donors (Lipinski definition) is 4. The summed E-state index contributed by atoms with van der Waals surface area (Å²) < 4.78 is 0. The molecule has 0 spiro atoms. The topological polar surface area (TPSA) is 132 Å². The van der Waals surface area contributed by atoms with Crippen LogP contribution in [0.5, 0.6) is 0 Å². The minimum atomic E-state index is -2.74. The van der Waals surface area contributed by atoms with Crippen molar-refractivity contribution in [3.63, 3.8) is 0 Å². The van der Waals surface area contributed by atoms with Crippen LogP contribution < -0.4 is 0 Å². The number of rotatable bonds is 5. The van der Waals surface area contributed by atoms with E-state index in [0.29, 0.717) is 0 Å². The van der Waals surface area contributed by atoms with Crippen molar-refractivity contribution in [1.82, 2.24) is 0 Å². The summed E-state index contributed by atoms with van der Waals surface area (Å²) in [5.74, 6) is -5.02. The van der Waals surface area contributed by atoms with Crippen LogP contribution in [0.2, 0.25) is 0 Å². The van der Waals surface area contributed by atoms with Crippen molar-refractivity contribution in [3.05, 3.63) is 0 Å². The molecule has 0 heterocycles. The van der Waals surface area contributed by atoms with Crippen LogP contribution in [-0.2, 0) is 25.5 Å². The molecule has 0 aromatic heterocycles. The van der Waals surface area contributed by atoms with Crippen LogP contribution in [0.25, 0.3) is 0 Å². The summed E-state index contributed by atoms with van der Waals surface area (Å²) in [6, 6.07) is 0. The van der Waals surface area contributed by atoms with E-state index in [1.54, 1.807) is 0 Å². The van der Waals surface area contributed by atoms with Crippen LogP contribution >= 0.6 is 30.3 Å². The second kappa shape index (κ2) is 11.6. The van der Waals surface area contributed by atoms with Gasteiger partial charge in [-0.05, 0) is 0 Å². The Kier molecular flexibility index (Phi) is 15.3. The maximum absolute atomic E-state index is 10.3. The number of carbonyl (C=O) groups is 3. The Morgan fingerprint density at radius 3 is 1.28 bits per heavy atom. The number of aliphatic carboxylic acids is 3. The quantitative estimate of drug-likeness (QED) is 0.501. The van der Waals surface area contributed by atoms with Crippen molar-refractivity contribution in [2.45, 2.75) is 18.4 Å². The van der Waals surface area contributed by atoms with Crippen molar-refractivity contribution in [3.8, 4) is 0 Å². The molecule has 0 aromatic rings. The summed E-state index contributed by atoms with van der Waals surface area (Å²) in [6.07, 6.45) is -2.29. The number of aliphatic hydroxyl groups is 1. The molecule has 0 radical (unpaired) electrons. The zero-order valence-corrected chi connectivity index (χ0v) is 11.3. The first-order valence-electron chi connectivity index (χ1n) is 3.57. The number of halogens is 3. The summed E-state index contributed by atoms with van der Waals surface area (Å²) in [5.41, 5.74) is -2.74. The van der Waals surface area contributed by atoms with E-state index >= 15 is 0 Å². The third-order valence-electron chi connectivity index (χ3n) is 1.29. The molecule has 7 nitrogen and oxygen atoms in total. The monoisotopic (exact) mass is 377 g/mol. The molecule has 0 rings (SSSR count). The van der Waals surface area contributed by atoms with E-state index in [1.807, 2.05) is 0 Å². The molecule has 0 aliphatic rings. The Morgan fingerprint density at radius 2 is 1.17 bits per heavy atom. The van der Waals surface area contributed by atoms with Crippen molar-refractivity contribution >= 4 is 77.8 Å². The Hall–Kier alpha value is 0.759. The molecule has 105 valence electrons. The van der Waals surface area contributed by atoms with Gasteiger partial charge in [-0.3, -0.25) is 9.59 Å². The van der Waals surface area contributed by atoms with Crippen molar-refractivity contribution in [1.29, 1.82) is 0 Å².